The Morgan fingerprint density at radius 3 is 2.10 bits per heavy atom. The summed E-state index contributed by atoms with van der Waals surface area (Å²) in [7, 11) is 0. The molecule has 0 saturated heterocycles. The largest absolute Gasteiger partial charge is 0.393 e. The van der Waals surface area contributed by atoms with Gasteiger partial charge in [0, 0.05) is 0 Å². The fourth-order valence-electron chi connectivity index (χ4n) is 2.80. The van der Waals surface area contributed by atoms with E-state index in [1.165, 1.54) is 25.7 Å². The molecular weight excluding hydrogens is 124 g/mol. The highest BCUT2D eigenvalue weighted by molar-refractivity contribution is 4.90. The van der Waals surface area contributed by atoms with E-state index in [0.717, 1.165) is 5.92 Å². The van der Waals surface area contributed by atoms with Crippen LogP contribution in [0.15, 0.2) is 0 Å². The Balaban J connectivity index is 2.09. The third kappa shape index (κ3) is 0.878. The van der Waals surface area contributed by atoms with Crippen molar-refractivity contribution in [1.29, 1.82) is 0 Å². The minimum atomic E-state index is 0.0659. The van der Waals surface area contributed by atoms with Gasteiger partial charge in [0.1, 0.15) is 0 Å². The lowest BCUT2D eigenvalue weighted by molar-refractivity contribution is 0.0419. The summed E-state index contributed by atoms with van der Waals surface area (Å²) in [6.07, 6.45) is 5.19. The standard InChI is InChI=1S/C9H16O/c1-6-4-7-2-3-8(5-6)9(7)10/h6-10H,2-5H2,1H3. The van der Waals surface area contributed by atoms with Crippen LogP contribution in [-0.2, 0) is 0 Å². The van der Waals surface area contributed by atoms with Gasteiger partial charge in [0.25, 0.3) is 0 Å². The van der Waals surface area contributed by atoms with Gasteiger partial charge in [-0.1, -0.05) is 6.92 Å². The zero-order valence-corrected chi connectivity index (χ0v) is 6.59. The van der Waals surface area contributed by atoms with E-state index in [9.17, 15) is 5.11 Å². The van der Waals surface area contributed by atoms with Gasteiger partial charge in [-0.2, -0.15) is 0 Å². The van der Waals surface area contributed by atoms with Crippen LogP contribution in [0.1, 0.15) is 32.6 Å². The van der Waals surface area contributed by atoms with E-state index in [2.05, 4.69) is 6.92 Å². The van der Waals surface area contributed by atoms with Crippen LogP contribution >= 0.6 is 0 Å². The van der Waals surface area contributed by atoms with Gasteiger partial charge in [0.15, 0.2) is 0 Å². The van der Waals surface area contributed by atoms with Gasteiger partial charge in [-0.3, -0.25) is 0 Å². The monoisotopic (exact) mass is 140 g/mol. The number of hydrogen-bond acceptors (Lipinski definition) is 1. The van der Waals surface area contributed by atoms with Gasteiger partial charge >= 0.3 is 0 Å². The topological polar surface area (TPSA) is 20.2 Å². The molecule has 0 aliphatic heterocycles. The van der Waals surface area contributed by atoms with Gasteiger partial charge < -0.3 is 5.11 Å². The molecule has 0 heterocycles. The first-order valence-corrected chi connectivity index (χ1v) is 4.45. The highest BCUT2D eigenvalue weighted by atomic mass is 16.3. The lowest BCUT2D eigenvalue weighted by Crippen LogP contribution is -2.29. The maximum absolute atomic E-state index is 9.63. The minimum Gasteiger partial charge on any atom is -0.393 e. The van der Waals surface area contributed by atoms with Crippen molar-refractivity contribution in [3.8, 4) is 0 Å². The molecule has 0 aromatic heterocycles. The van der Waals surface area contributed by atoms with Crippen molar-refractivity contribution in [2.24, 2.45) is 17.8 Å². The molecule has 2 saturated carbocycles. The molecule has 1 heteroatoms. The molecule has 1 nitrogen and oxygen atoms in total. The van der Waals surface area contributed by atoms with Crippen molar-refractivity contribution < 1.29 is 5.11 Å². The van der Waals surface area contributed by atoms with Gasteiger partial charge in [0.05, 0.1) is 6.10 Å². The highest BCUT2D eigenvalue weighted by Gasteiger charge is 2.39. The maximum Gasteiger partial charge on any atom is 0.0596 e. The van der Waals surface area contributed by atoms with Crippen LogP contribution in [0.25, 0.3) is 0 Å². The Kier molecular flexibility index (Phi) is 1.48. The van der Waals surface area contributed by atoms with Crippen molar-refractivity contribution in [1.82, 2.24) is 0 Å². The van der Waals surface area contributed by atoms with Crippen molar-refractivity contribution in [2.75, 3.05) is 0 Å². The third-order valence-corrected chi connectivity index (χ3v) is 3.28. The Bertz CT molecular complexity index is 119. The average Bonchev–Trinajstić information content (AvgIpc) is 2.20. The maximum atomic E-state index is 9.63. The molecule has 2 aliphatic rings. The molecule has 0 radical (unpaired) electrons. The fraction of sp³-hybridized carbons (Fsp3) is 1.00. The van der Waals surface area contributed by atoms with Crippen molar-refractivity contribution in [2.45, 2.75) is 38.7 Å². The molecule has 2 rings (SSSR count). The van der Waals surface area contributed by atoms with Gasteiger partial charge in [-0.15, -0.1) is 0 Å². The first kappa shape index (κ1) is 6.66. The van der Waals surface area contributed by atoms with Crippen LogP contribution in [0.3, 0.4) is 0 Å². The molecule has 10 heavy (non-hydrogen) atoms. The van der Waals surface area contributed by atoms with E-state index in [0.29, 0.717) is 11.8 Å². The Hall–Kier alpha value is -0.0400. The lowest BCUT2D eigenvalue weighted by atomic mass is 9.80. The summed E-state index contributed by atoms with van der Waals surface area (Å²) in [4.78, 5) is 0. The Labute approximate surface area is 62.4 Å². The summed E-state index contributed by atoms with van der Waals surface area (Å²) in [5, 5.41) is 9.63. The fourth-order valence-corrected chi connectivity index (χ4v) is 2.80. The molecule has 2 fully saturated rings. The molecule has 2 atom stereocenters. The number of aliphatic hydroxyl groups is 1. The van der Waals surface area contributed by atoms with Crippen molar-refractivity contribution in [3.05, 3.63) is 0 Å². The van der Waals surface area contributed by atoms with Gasteiger partial charge in [-0.25, -0.2) is 0 Å². The lowest BCUT2D eigenvalue weighted by Gasteiger charge is -2.29. The molecule has 0 spiro atoms. The van der Waals surface area contributed by atoms with Gasteiger partial charge in [-0.05, 0) is 43.4 Å². The first-order chi connectivity index (χ1) is 4.77. The number of fused-ring (bicyclic) bond motifs is 2. The average molecular weight is 140 g/mol. The van der Waals surface area contributed by atoms with E-state index < -0.39 is 0 Å². The summed E-state index contributed by atoms with van der Waals surface area (Å²) < 4.78 is 0. The van der Waals surface area contributed by atoms with E-state index in [4.69, 9.17) is 0 Å². The summed E-state index contributed by atoms with van der Waals surface area (Å²) >= 11 is 0. The van der Waals surface area contributed by atoms with Crippen LogP contribution in [0, 0.1) is 17.8 Å². The summed E-state index contributed by atoms with van der Waals surface area (Å²) in [6, 6.07) is 0. The molecule has 58 valence electrons. The van der Waals surface area contributed by atoms with Crippen molar-refractivity contribution >= 4 is 0 Å². The molecule has 0 amide bonds. The summed E-state index contributed by atoms with van der Waals surface area (Å²) in [5.41, 5.74) is 0. The van der Waals surface area contributed by atoms with Crippen LogP contribution in [0.2, 0.25) is 0 Å². The van der Waals surface area contributed by atoms with Crippen LogP contribution in [0.4, 0.5) is 0 Å². The van der Waals surface area contributed by atoms with Gasteiger partial charge in [0.2, 0.25) is 0 Å². The molecule has 1 N–H and O–H groups in total. The molecule has 2 unspecified atom stereocenters. The number of hydrogen-bond donors (Lipinski definition) is 1. The van der Waals surface area contributed by atoms with E-state index in [-0.39, 0.29) is 6.10 Å². The van der Waals surface area contributed by atoms with E-state index >= 15 is 0 Å². The molecule has 0 aromatic rings. The van der Waals surface area contributed by atoms with Crippen molar-refractivity contribution in [3.63, 3.8) is 0 Å². The molecule has 2 bridgehead atoms. The number of rotatable bonds is 0. The number of aliphatic hydroxyl groups excluding tert-OH is 1. The second kappa shape index (κ2) is 2.23. The third-order valence-electron chi connectivity index (χ3n) is 3.28. The van der Waals surface area contributed by atoms with E-state index in [1.807, 2.05) is 0 Å². The highest BCUT2D eigenvalue weighted by Crippen LogP contribution is 2.44. The normalized spacial score (nSPS) is 53.4. The quantitative estimate of drug-likeness (QED) is 0.544. The zero-order valence-electron chi connectivity index (χ0n) is 6.59. The minimum absolute atomic E-state index is 0.0659. The zero-order chi connectivity index (χ0) is 7.14. The van der Waals surface area contributed by atoms with Crippen LogP contribution in [-0.4, -0.2) is 11.2 Å². The SMILES string of the molecule is CC1CC2CCC(C1)C2O. The second-order valence-electron chi connectivity index (χ2n) is 4.16. The Morgan fingerprint density at radius 2 is 1.60 bits per heavy atom. The summed E-state index contributed by atoms with van der Waals surface area (Å²) in [5.74, 6) is 2.20. The molecular formula is C9H16O. The smallest absolute Gasteiger partial charge is 0.0596 e. The predicted octanol–water partition coefficient (Wildman–Crippen LogP) is 1.80. The van der Waals surface area contributed by atoms with Crippen LogP contribution in [0.5, 0.6) is 0 Å². The van der Waals surface area contributed by atoms with Crippen LogP contribution < -0.4 is 0 Å². The molecule has 0 aromatic carbocycles. The summed E-state index contributed by atoms with van der Waals surface area (Å²) in [6.45, 7) is 2.32. The second-order valence-corrected chi connectivity index (χ2v) is 4.16. The predicted molar refractivity (Wildman–Crippen MR) is 40.6 cm³/mol. The first-order valence-electron chi connectivity index (χ1n) is 4.45. The Morgan fingerprint density at radius 1 is 1.10 bits per heavy atom. The van der Waals surface area contributed by atoms with E-state index in [1.54, 1.807) is 0 Å². The molecule has 2 aliphatic carbocycles.